The Kier molecular flexibility index (Phi) is 5.57. The molecule has 2 atom stereocenters. The smallest absolute Gasteiger partial charge is 0.225 e. The largest absolute Gasteiger partial charge is 0.393 e. The highest BCUT2D eigenvalue weighted by atomic mass is 79.9. The highest BCUT2D eigenvalue weighted by molar-refractivity contribution is 9.10. The molecule has 5 heteroatoms. The lowest BCUT2D eigenvalue weighted by molar-refractivity contribution is -0.116. The van der Waals surface area contributed by atoms with E-state index < -0.39 is 0 Å². The Hall–Kier alpha value is -0.910. The summed E-state index contributed by atoms with van der Waals surface area (Å²) in [5.41, 5.74) is 0.821. The van der Waals surface area contributed by atoms with Crippen molar-refractivity contribution in [1.82, 2.24) is 4.90 Å². The van der Waals surface area contributed by atoms with Crippen LogP contribution in [-0.2, 0) is 4.79 Å². The molecule has 1 aromatic rings. The molecule has 4 nitrogen and oxygen atoms in total. The summed E-state index contributed by atoms with van der Waals surface area (Å²) < 4.78 is 0.997. The van der Waals surface area contributed by atoms with Crippen LogP contribution in [-0.4, -0.2) is 41.7 Å². The predicted octanol–water partition coefficient (Wildman–Crippen LogP) is 2.48. The van der Waals surface area contributed by atoms with Crippen LogP contribution in [0, 0.1) is 5.92 Å². The van der Waals surface area contributed by atoms with Crippen molar-refractivity contribution in [3.05, 3.63) is 28.7 Å². The molecule has 1 fully saturated rings. The number of benzene rings is 1. The van der Waals surface area contributed by atoms with E-state index in [9.17, 15) is 9.90 Å². The molecule has 1 amide bonds. The monoisotopic (exact) mass is 340 g/mol. The van der Waals surface area contributed by atoms with Gasteiger partial charge in [0.25, 0.3) is 0 Å². The van der Waals surface area contributed by atoms with E-state index in [1.807, 2.05) is 31.2 Å². The number of hydrogen-bond acceptors (Lipinski definition) is 3. The van der Waals surface area contributed by atoms with Gasteiger partial charge < -0.3 is 15.3 Å². The summed E-state index contributed by atoms with van der Waals surface area (Å²) in [6.07, 6.45) is 1.26. The first-order valence-corrected chi connectivity index (χ1v) is 7.80. The number of halogens is 1. The lowest BCUT2D eigenvalue weighted by Crippen LogP contribution is -2.27. The molecule has 20 heavy (non-hydrogen) atoms. The summed E-state index contributed by atoms with van der Waals surface area (Å²) >= 11 is 3.36. The minimum absolute atomic E-state index is 0.0350. The fourth-order valence-corrected chi connectivity index (χ4v) is 2.74. The molecule has 110 valence electrons. The van der Waals surface area contributed by atoms with Crippen LogP contribution in [0.2, 0.25) is 0 Å². The van der Waals surface area contributed by atoms with Gasteiger partial charge in [-0.2, -0.15) is 0 Å². The van der Waals surface area contributed by atoms with Crippen molar-refractivity contribution in [1.29, 1.82) is 0 Å². The van der Waals surface area contributed by atoms with Crippen LogP contribution in [0.1, 0.15) is 19.8 Å². The van der Waals surface area contributed by atoms with E-state index in [-0.39, 0.29) is 12.0 Å². The number of nitrogens with zero attached hydrogens (tertiary/aromatic N) is 1. The number of nitrogens with one attached hydrogen (secondary N) is 1. The van der Waals surface area contributed by atoms with Crippen molar-refractivity contribution in [2.75, 3.05) is 25.0 Å². The van der Waals surface area contributed by atoms with Crippen LogP contribution < -0.4 is 5.32 Å². The molecule has 0 aliphatic carbocycles. The SMILES string of the molecule is CC(O)C1CCN(CCC(=O)Nc2ccc(Br)cc2)C1. The van der Waals surface area contributed by atoms with Crippen LogP contribution >= 0.6 is 15.9 Å². The normalized spacial score (nSPS) is 20.9. The minimum Gasteiger partial charge on any atom is -0.393 e. The van der Waals surface area contributed by atoms with Crippen molar-refractivity contribution in [2.45, 2.75) is 25.9 Å². The molecule has 2 N–H and O–H groups in total. The maximum atomic E-state index is 11.9. The van der Waals surface area contributed by atoms with Crippen molar-refractivity contribution in [2.24, 2.45) is 5.92 Å². The lowest BCUT2D eigenvalue weighted by atomic mass is 10.0. The number of aliphatic hydroxyl groups excluding tert-OH is 1. The summed E-state index contributed by atoms with van der Waals surface area (Å²) in [5, 5.41) is 12.4. The molecule has 1 aromatic carbocycles. The Morgan fingerprint density at radius 2 is 2.20 bits per heavy atom. The molecule has 1 aliphatic rings. The predicted molar refractivity (Wildman–Crippen MR) is 83.6 cm³/mol. The van der Waals surface area contributed by atoms with E-state index in [1.165, 1.54) is 0 Å². The summed E-state index contributed by atoms with van der Waals surface area (Å²) in [7, 11) is 0. The molecule has 1 aliphatic heterocycles. The van der Waals surface area contributed by atoms with E-state index in [0.717, 1.165) is 36.2 Å². The van der Waals surface area contributed by atoms with Crippen LogP contribution in [0.25, 0.3) is 0 Å². The second-order valence-corrected chi connectivity index (χ2v) is 6.31. The highest BCUT2D eigenvalue weighted by Crippen LogP contribution is 2.20. The Balaban J connectivity index is 1.72. The maximum absolute atomic E-state index is 11.9. The van der Waals surface area contributed by atoms with E-state index >= 15 is 0 Å². The Labute approximate surface area is 128 Å². The summed E-state index contributed by atoms with van der Waals surface area (Å²) in [6.45, 7) is 4.46. The fraction of sp³-hybridized carbons (Fsp3) is 0.533. The Bertz CT molecular complexity index is 448. The zero-order chi connectivity index (χ0) is 14.5. The van der Waals surface area contributed by atoms with Gasteiger partial charge in [0.05, 0.1) is 6.10 Å². The fourth-order valence-electron chi connectivity index (χ4n) is 2.48. The van der Waals surface area contributed by atoms with Crippen LogP contribution in [0.15, 0.2) is 28.7 Å². The zero-order valence-corrected chi connectivity index (χ0v) is 13.3. The molecule has 1 heterocycles. The first-order valence-electron chi connectivity index (χ1n) is 7.00. The van der Waals surface area contributed by atoms with Gasteiger partial charge in [-0.1, -0.05) is 15.9 Å². The average Bonchev–Trinajstić information content (AvgIpc) is 2.88. The topological polar surface area (TPSA) is 52.6 Å². The van der Waals surface area contributed by atoms with Crippen molar-refractivity contribution in [3.63, 3.8) is 0 Å². The quantitative estimate of drug-likeness (QED) is 0.865. The first kappa shape index (κ1) is 15.5. The minimum atomic E-state index is -0.253. The van der Waals surface area contributed by atoms with E-state index in [2.05, 4.69) is 26.1 Å². The molecule has 0 saturated carbocycles. The third-order valence-electron chi connectivity index (χ3n) is 3.77. The number of amides is 1. The van der Waals surface area contributed by atoms with Gasteiger partial charge in [-0.15, -0.1) is 0 Å². The number of rotatable bonds is 5. The Morgan fingerprint density at radius 3 is 2.80 bits per heavy atom. The highest BCUT2D eigenvalue weighted by Gasteiger charge is 2.25. The van der Waals surface area contributed by atoms with Gasteiger partial charge in [-0.3, -0.25) is 4.79 Å². The molecule has 0 bridgehead atoms. The molecule has 0 aromatic heterocycles. The second kappa shape index (κ2) is 7.20. The van der Waals surface area contributed by atoms with Crippen LogP contribution in [0.4, 0.5) is 5.69 Å². The van der Waals surface area contributed by atoms with E-state index in [1.54, 1.807) is 0 Å². The molecule has 2 rings (SSSR count). The number of carbonyl (C=O) groups is 1. The van der Waals surface area contributed by atoms with Crippen LogP contribution in [0.3, 0.4) is 0 Å². The second-order valence-electron chi connectivity index (χ2n) is 5.40. The number of likely N-dealkylation sites (tertiary alicyclic amines) is 1. The third kappa shape index (κ3) is 4.58. The molecular formula is C15H21BrN2O2. The summed E-state index contributed by atoms with van der Waals surface area (Å²) in [5.74, 6) is 0.386. The van der Waals surface area contributed by atoms with Crippen LogP contribution in [0.5, 0.6) is 0 Å². The maximum Gasteiger partial charge on any atom is 0.225 e. The molecule has 0 radical (unpaired) electrons. The van der Waals surface area contributed by atoms with Gasteiger partial charge in [0.15, 0.2) is 0 Å². The summed E-state index contributed by atoms with van der Waals surface area (Å²) in [4.78, 5) is 14.1. The molecular weight excluding hydrogens is 320 g/mol. The average molecular weight is 341 g/mol. The third-order valence-corrected chi connectivity index (χ3v) is 4.30. The number of aliphatic hydroxyl groups is 1. The molecule has 2 unspecified atom stereocenters. The van der Waals surface area contributed by atoms with Gasteiger partial charge in [-0.25, -0.2) is 0 Å². The molecule has 0 spiro atoms. The number of hydrogen-bond donors (Lipinski definition) is 2. The van der Waals surface area contributed by atoms with Gasteiger partial charge >= 0.3 is 0 Å². The van der Waals surface area contributed by atoms with Gasteiger partial charge in [-0.05, 0) is 50.1 Å². The van der Waals surface area contributed by atoms with E-state index in [4.69, 9.17) is 0 Å². The van der Waals surface area contributed by atoms with E-state index in [0.29, 0.717) is 12.3 Å². The van der Waals surface area contributed by atoms with Crippen molar-refractivity contribution in [3.8, 4) is 0 Å². The van der Waals surface area contributed by atoms with Gasteiger partial charge in [0.1, 0.15) is 0 Å². The zero-order valence-electron chi connectivity index (χ0n) is 11.7. The summed E-state index contributed by atoms with van der Waals surface area (Å²) in [6, 6.07) is 7.56. The van der Waals surface area contributed by atoms with Gasteiger partial charge in [0, 0.05) is 29.7 Å². The number of carbonyl (C=O) groups excluding carboxylic acids is 1. The Morgan fingerprint density at radius 1 is 1.50 bits per heavy atom. The lowest BCUT2D eigenvalue weighted by Gasteiger charge is -2.17. The standard InChI is InChI=1S/C15H21BrN2O2/c1-11(19)12-6-8-18(10-12)9-7-15(20)17-14-4-2-13(16)3-5-14/h2-5,11-12,19H,6-10H2,1H3,(H,17,20). The molecule has 1 saturated heterocycles. The van der Waals surface area contributed by atoms with Crippen molar-refractivity contribution < 1.29 is 9.90 Å². The van der Waals surface area contributed by atoms with Crippen molar-refractivity contribution >= 4 is 27.5 Å². The number of anilines is 1. The van der Waals surface area contributed by atoms with Gasteiger partial charge in [0.2, 0.25) is 5.91 Å². The first-order chi connectivity index (χ1) is 9.54.